The van der Waals surface area contributed by atoms with Crippen molar-refractivity contribution in [2.75, 3.05) is 13.2 Å². The van der Waals surface area contributed by atoms with Crippen molar-refractivity contribution in [1.82, 2.24) is 5.32 Å². The van der Waals surface area contributed by atoms with Crippen molar-refractivity contribution in [2.45, 2.75) is 199 Å². The highest BCUT2D eigenvalue weighted by Gasteiger charge is 2.48. The van der Waals surface area contributed by atoms with Crippen LogP contribution in [-0.4, -0.2) is 71.7 Å². The molecule has 0 aliphatic carbocycles. The fourth-order valence-corrected chi connectivity index (χ4v) is 5.91. The lowest BCUT2D eigenvalue weighted by Crippen LogP contribution is -2.65. The first-order valence-corrected chi connectivity index (χ1v) is 18.4. The van der Waals surface area contributed by atoms with Gasteiger partial charge in [0.15, 0.2) is 12.4 Å². The lowest BCUT2D eigenvalue weighted by molar-refractivity contribution is -0.272. The minimum Gasteiger partial charge on any atom is -0.457 e. The number of aliphatic hydroxyl groups excluding tert-OH is 2. The molecule has 0 unspecified atom stereocenters. The predicted molar refractivity (Wildman–Crippen MR) is 178 cm³/mol. The number of carbonyl (C=O) groups excluding carboxylic acids is 3. The number of aliphatic hydroxyl groups is 2. The average Bonchev–Trinajstić information content (AvgIpc) is 3.03. The van der Waals surface area contributed by atoms with Crippen LogP contribution >= 0.6 is 0 Å². The fourth-order valence-electron chi connectivity index (χ4n) is 5.91. The summed E-state index contributed by atoms with van der Waals surface area (Å²) in [4.78, 5) is 38.1. The molecule has 0 bridgehead atoms. The van der Waals surface area contributed by atoms with E-state index in [1.807, 2.05) is 0 Å². The zero-order chi connectivity index (χ0) is 33.1. The largest absolute Gasteiger partial charge is 0.457 e. The second-order valence-corrected chi connectivity index (χ2v) is 12.8. The van der Waals surface area contributed by atoms with Crippen LogP contribution in [0.25, 0.3) is 0 Å². The second-order valence-electron chi connectivity index (χ2n) is 12.8. The molecule has 0 aromatic rings. The van der Waals surface area contributed by atoms with Crippen LogP contribution < -0.4 is 5.32 Å². The van der Waals surface area contributed by atoms with Gasteiger partial charge < -0.3 is 29.7 Å². The normalized spacial score (nSPS) is 21.5. The molecular weight excluding hydrogens is 574 g/mol. The Morgan fingerprint density at radius 3 is 1.64 bits per heavy atom. The number of Topliss-reactive ketones (excluding diaryl/α,β-unsaturated/α-hetero) is 1. The quantitative estimate of drug-likeness (QED) is 0.0583. The van der Waals surface area contributed by atoms with Crippen LogP contribution in [0.15, 0.2) is 0 Å². The van der Waals surface area contributed by atoms with Gasteiger partial charge in [0.25, 0.3) is 0 Å². The van der Waals surface area contributed by atoms with Gasteiger partial charge in [0.2, 0.25) is 5.91 Å². The standard InChI is InChI=1S/C36H67NO8/c1-4-7-9-11-13-15-16-17-19-21-23-25-31(40)37-33-35(34(42)30(28-38)44-36(33)43-6-3)45-32(41)27-26-29(39)24-22-20-18-14-12-10-8-5-2/h30,33-36,38,42H,4-28H2,1-3H3,(H,37,40)/t30-,33-,34-,35-,36+/m1/s1. The number of ether oxygens (including phenoxy) is 3. The summed E-state index contributed by atoms with van der Waals surface area (Å²) < 4.78 is 17.1. The van der Waals surface area contributed by atoms with Crippen LogP contribution in [0.3, 0.4) is 0 Å². The van der Waals surface area contributed by atoms with Crippen LogP contribution in [-0.2, 0) is 28.6 Å². The van der Waals surface area contributed by atoms with Crippen LogP contribution in [0.1, 0.15) is 168 Å². The molecule has 1 saturated heterocycles. The molecule has 0 radical (unpaired) electrons. The van der Waals surface area contributed by atoms with Crippen molar-refractivity contribution in [3.63, 3.8) is 0 Å². The number of unbranched alkanes of at least 4 members (excludes halogenated alkanes) is 17. The molecule has 0 saturated carbocycles. The van der Waals surface area contributed by atoms with E-state index in [4.69, 9.17) is 14.2 Å². The van der Waals surface area contributed by atoms with Gasteiger partial charge in [-0.1, -0.05) is 123 Å². The number of carbonyl (C=O) groups is 3. The van der Waals surface area contributed by atoms with Crippen LogP contribution in [0.4, 0.5) is 0 Å². The highest BCUT2D eigenvalue weighted by Crippen LogP contribution is 2.26. The summed E-state index contributed by atoms with van der Waals surface area (Å²) in [6, 6.07) is -0.945. The Labute approximate surface area is 273 Å². The lowest BCUT2D eigenvalue weighted by Gasteiger charge is -2.43. The van der Waals surface area contributed by atoms with E-state index in [0.29, 0.717) is 12.8 Å². The molecule has 5 atom stereocenters. The molecule has 0 spiro atoms. The van der Waals surface area contributed by atoms with Gasteiger partial charge in [-0.3, -0.25) is 14.4 Å². The topological polar surface area (TPSA) is 131 Å². The van der Waals surface area contributed by atoms with Gasteiger partial charge >= 0.3 is 5.97 Å². The summed E-state index contributed by atoms with van der Waals surface area (Å²) in [6.07, 6.45) is 18.3. The molecule has 264 valence electrons. The molecule has 0 aromatic carbocycles. The van der Waals surface area contributed by atoms with Gasteiger partial charge in [0.05, 0.1) is 13.0 Å². The van der Waals surface area contributed by atoms with Crippen LogP contribution in [0.2, 0.25) is 0 Å². The Kier molecular flexibility index (Phi) is 25.4. The maximum Gasteiger partial charge on any atom is 0.306 e. The molecule has 1 aliphatic rings. The Balaban J connectivity index is 2.50. The Morgan fingerprint density at radius 1 is 0.667 bits per heavy atom. The van der Waals surface area contributed by atoms with Gasteiger partial charge in [-0.25, -0.2) is 0 Å². The minimum absolute atomic E-state index is 0.0164. The van der Waals surface area contributed by atoms with E-state index in [2.05, 4.69) is 19.2 Å². The Bertz CT molecular complexity index is 763. The predicted octanol–water partition coefficient (Wildman–Crippen LogP) is 7.08. The molecule has 1 amide bonds. The summed E-state index contributed by atoms with van der Waals surface area (Å²) in [6.45, 7) is 5.96. The number of rotatable bonds is 29. The first-order chi connectivity index (χ1) is 21.9. The van der Waals surface area contributed by atoms with Crippen molar-refractivity contribution in [3.8, 4) is 0 Å². The van der Waals surface area contributed by atoms with Gasteiger partial charge in [0, 0.05) is 25.9 Å². The maximum atomic E-state index is 12.9. The average molecular weight is 642 g/mol. The Hall–Kier alpha value is -1.55. The first-order valence-electron chi connectivity index (χ1n) is 18.4. The number of nitrogens with one attached hydrogen (secondary N) is 1. The summed E-state index contributed by atoms with van der Waals surface area (Å²) in [5, 5.41) is 23.5. The van der Waals surface area contributed by atoms with Crippen molar-refractivity contribution < 1.29 is 38.8 Å². The monoisotopic (exact) mass is 641 g/mol. The lowest BCUT2D eigenvalue weighted by atomic mass is 9.96. The van der Waals surface area contributed by atoms with E-state index in [9.17, 15) is 24.6 Å². The number of hydrogen-bond acceptors (Lipinski definition) is 8. The third-order valence-corrected chi connectivity index (χ3v) is 8.70. The number of hydrogen-bond donors (Lipinski definition) is 3. The van der Waals surface area contributed by atoms with E-state index in [1.54, 1.807) is 6.92 Å². The van der Waals surface area contributed by atoms with Crippen molar-refractivity contribution in [3.05, 3.63) is 0 Å². The van der Waals surface area contributed by atoms with E-state index in [0.717, 1.165) is 38.5 Å². The maximum absolute atomic E-state index is 12.9. The third-order valence-electron chi connectivity index (χ3n) is 8.70. The third kappa shape index (κ3) is 19.7. The molecular formula is C36H67NO8. The van der Waals surface area contributed by atoms with Crippen LogP contribution in [0.5, 0.6) is 0 Å². The number of ketones is 1. The summed E-state index contributed by atoms with van der Waals surface area (Å²) in [5.41, 5.74) is 0. The van der Waals surface area contributed by atoms with Crippen molar-refractivity contribution in [1.29, 1.82) is 0 Å². The highest BCUT2D eigenvalue weighted by atomic mass is 16.7. The molecule has 45 heavy (non-hydrogen) atoms. The zero-order valence-corrected chi connectivity index (χ0v) is 28.9. The van der Waals surface area contributed by atoms with Crippen molar-refractivity contribution in [2.24, 2.45) is 0 Å². The molecule has 1 heterocycles. The van der Waals surface area contributed by atoms with Gasteiger partial charge in [0.1, 0.15) is 24.0 Å². The minimum atomic E-state index is -1.36. The van der Waals surface area contributed by atoms with Gasteiger partial charge in [-0.2, -0.15) is 0 Å². The summed E-state index contributed by atoms with van der Waals surface area (Å²) in [5.74, 6) is -0.857. The zero-order valence-electron chi connectivity index (χ0n) is 28.9. The van der Waals surface area contributed by atoms with Gasteiger partial charge in [-0.05, 0) is 19.8 Å². The molecule has 1 fully saturated rings. The fraction of sp³-hybridized carbons (Fsp3) is 0.917. The second kappa shape index (κ2) is 27.6. The van der Waals surface area contributed by atoms with E-state index >= 15 is 0 Å². The van der Waals surface area contributed by atoms with E-state index in [1.165, 1.54) is 83.5 Å². The summed E-state index contributed by atoms with van der Waals surface area (Å²) >= 11 is 0. The molecule has 9 nitrogen and oxygen atoms in total. The number of amides is 1. The van der Waals surface area contributed by atoms with E-state index in [-0.39, 0.29) is 31.1 Å². The van der Waals surface area contributed by atoms with Crippen LogP contribution in [0, 0.1) is 0 Å². The van der Waals surface area contributed by atoms with E-state index < -0.39 is 43.2 Å². The molecule has 1 rings (SSSR count). The highest BCUT2D eigenvalue weighted by molar-refractivity contribution is 5.83. The molecule has 0 aromatic heterocycles. The molecule has 3 N–H and O–H groups in total. The van der Waals surface area contributed by atoms with Gasteiger partial charge in [-0.15, -0.1) is 0 Å². The van der Waals surface area contributed by atoms with Crippen molar-refractivity contribution >= 4 is 17.7 Å². The molecule has 1 aliphatic heterocycles. The smallest absolute Gasteiger partial charge is 0.306 e. The Morgan fingerprint density at radius 2 is 1.16 bits per heavy atom. The molecule has 9 heteroatoms. The SMILES string of the molecule is CCCCCCCCCCCCCC(=O)N[C@H]1[C@@H](OCC)O[C@H](CO)[C@@H](O)[C@@H]1OC(=O)CCC(=O)CCCCCCCCCC. The number of esters is 1. The first kappa shape index (κ1) is 41.5. The summed E-state index contributed by atoms with van der Waals surface area (Å²) in [7, 11) is 0.